The number of hydrogen-bond acceptors (Lipinski definition) is 3. The smallest absolute Gasteiger partial charge is 0.254 e. The van der Waals surface area contributed by atoms with Gasteiger partial charge in [0.05, 0.1) is 0 Å². The number of halogens is 2. The molecule has 1 saturated carbocycles. The third-order valence-corrected chi connectivity index (χ3v) is 6.58. The number of nitrogens with one attached hydrogen (secondary N) is 2. The monoisotopic (exact) mass is 425 g/mol. The second-order valence-electron chi connectivity index (χ2n) is 8.14. The Labute approximate surface area is 178 Å². The van der Waals surface area contributed by atoms with E-state index < -0.39 is 0 Å². The number of likely N-dealkylation sites (tertiary alicyclic amines) is 1. The molecule has 154 valence electrons. The van der Waals surface area contributed by atoms with E-state index in [1.54, 1.807) is 24.3 Å². The molecule has 3 fully saturated rings. The van der Waals surface area contributed by atoms with E-state index in [1.807, 2.05) is 4.90 Å². The summed E-state index contributed by atoms with van der Waals surface area (Å²) in [7, 11) is 0. The van der Waals surface area contributed by atoms with Crippen molar-refractivity contribution < 1.29 is 9.59 Å². The zero-order valence-electron chi connectivity index (χ0n) is 16.0. The fourth-order valence-corrected chi connectivity index (χ4v) is 5.22. The van der Waals surface area contributed by atoms with Crippen molar-refractivity contribution in [1.29, 1.82) is 0 Å². The van der Waals surface area contributed by atoms with Crippen LogP contribution in [0.4, 0.5) is 0 Å². The highest BCUT2D eigenvalue weighted by molar-refractivity contribution is 6.31. The summed E-state index contributed by atoms with van der Waals surface area (Å²) in [6.45, 7) is 1.83. The number of nitrogens with zero attached hydrogens (tertiary/aromatic N) is 1. The Bertz CT molecular complexity index is 709. The van der Waals surface area contributed by atoms with Gasteiger partial charge in [0, 0.05) is 29.2 Å². The highest BCUT2D eigenvalue weighted by Gasteiger charge is 2.47. The van der Waals surface area contributed by atoms with Crippen LogP contribution in [0, 0.1) is 5.92 Å². The third-order valence-electron chi connectivity index (χ3n) is 6.34. The van der Waals surface area contributed by atoms with Crippen LogP contribution in [0.1, 0.15) is 55.3 Å². The SMILES string of the molecule is Cl.O=C(NC1CCCNC1)C1CC2CCCCC2N1C(=O)c1cccc(Cl)c1. The molecule has 7 heteroatoms. The lowest BCUT2D eigenvalue weighted by molar-refractivity contribution is -0.126. The fourth-order valence-electron chi connectivity index (χ4n) is 5.03. The van der Waals surface area contributed by atoms with Gasteiger partial charge in [0.25, 0.3) is 5.91 Å². The van der Waals surface area contributed by atoms with Crippen LogP contribution in [-0.4, -0.2) is 47.9 Å². The predicted octanol–water partition coefficient (Wildman–Crippen LogP) is 3.40. The molecule has 1 aliphatic carbocycles. The number of hydrogen-bond donors (Lipinski definition) is 2. The molecule has 0 spiro atoms. The quantitative estimate of drug-likeness (QED) is 0.779. The number of benzene rings is 1. The Kier molecular flexibility index (Phi) is 7.24. The molecule has 4 atom stereocenters. The van der Waals surface area contributed by atoms with Crippen LogP contribution >= 0.6 is 24.0 Å². The molecule has 2 aliphatic heterocycles. The molecule has 2 N–H and O–H groups in total. The normalized spacial score (nSPS) is 29.5. The van der Waals surface area contributed by atoms with E-state index in [0.717, 1.165) is 51.6 Å². The summed E-state index contributed by atoms with van der Waals surface area (Å²) >= 11 is 6.10. The van der Waals surface area contributed by atoms with Crippen LogP contribution in [0.15, 0.2) is 24.3 Å². The van der Waals surface area contributed by atoms with Gasteiger partial charge in [0.15, 0.2) is 0 Å². The van der Waals surface area contributed by atoms with Gasteiger partial charge in [-0.05, 0) is 62.8 Å². The average Bonchev–Trinajstić information content (AvgIpc) is 3.08. The second-order valence-corrected chi connectivity index (χ2v) is 8.57. The number of amides is 2. The van der Waals surface area contributed by atoms with Crippen LogP contribution in [0.5, 0.6) is 0 Å². The first-order valence-corrected chi connectivity index (χ1v) is 10.6. The Balaban J connectivity index is 0.00000225. The van der Waals surface area contributed by atoms with Gasteiger partial charge >= 0.3 is 0 Å². The number of rotatable bonds is 3. The molecule has 0 radical (unpaired) electrons. The molecule has 5 nitrogen and oxygen atoms in total. The number of fused-ring (bicyclic) bond motifs is 1. The summed E-state index contributed by atoms with van der Waals surface area (Å²) in [5.41, 5.74) is 0.575. The van der Waals surface area contributed by atoms with Crippen molar-refractivity contribution in [3.8, 4) is 0 Å². The van der Waals surface area contributed by atoms with Gasteiger partial charge in [-0.15, -0.1) is 12.4 Å². The van der Waals surface area contributed by atoms with Gasteiger partial charge < -0.3 is 15.5 Å². The molecule has 0 bridgehead atoms. The van der Waals surface area contributed by atoms with Gasteiger partial charge in [-0.2, -0.15) is 0 Å². The van der Waals surface area contributed by atoms with Gasteiger partial charge in [-0.3, -0.25) is 9.59 Å². The third kappa shape index (κ3) is 4.47. The van der Waals surface area contributed by atoms with E-state index in [-0.39, 0.29) is 42.3 Å². The standard InChI is InChI=1S/C21H28ClN3O2.ClH/c22-16-7-3-6-15(11-16)21(27)25-18-9-2-1-5-14(18)12-19(25)20(26)24-17-8-4-10-23-13-17;/h3,6-7,11,14,17-19,23H,1-2,4-5,8-10,12-13H2,(H,24,26);1H. The van der Waals surface area contributed by atoms with Crippen LogP contribution in [0.2, 0.25) is 5.02 Å². The Hall–Kier alpha value is -1.30. The Morgan fingerprint density at radius 3 is 2.71 bits per heavy atom. The van der Waals surface area contributed by atoms with Crippen LogP contribution in [-0.2, 0) is 4.79 Å². The zero-order chi connectivity index (χ0) is 18.8. The van der Waals surface area contributed by atoms with Crippen molar-refractivity contribution >= 4 is 35.8 Å². The predicted molar refractivity (Wildman–Crippen MR) is 113 cm³/mol. The Morgan fingerprint density at radius 1 is 1.14 bits per heavy atom. The molecule has 1 aromatic carbocycles. The summed E-state index contributed by atoms with van der Waals surface area (Å²) < 4.78 is 0. The molecule has 3 aliphatic rings. The molecule has 28 heavy (non-hydrogen) atoms. The van der Waals surface area contributed by atoms with Crippen molar-refractivity contribution in [2.75, 3.05) is 13.1 Å². The lowest BCUT2D eigenvalue weighted by Crippen LogP contribution is -2.54. The minimum Gasteiger partial charge on any atom is -0.350 e. The summed E-state index contributed by atoms with van der Waals surface area (Å²) in [5.74, 6) is 0.379. The fraction of sp³-hybridized carbons (Fsp3) is 0.619. The van der Waals surface area contributed by atoms with Crippen molar-refractivity contribution in [1.82, 2.24) is 15.5 Å². The van der Waals surface area contributed by atoms with Crippen molar-refractivity contribution in [2.24, 2.45) is 5.92 Å². The lowest BCUT2D eigenvalue weighted by atomic mass is 9.84. The molecule has 4 unspecified atom stereocenters. The molecule has 2 saturated heterocycles. The van der Waals surface area contributed by atoms with Crippen molar-refractivity contribution in [3.05, 3.63) is 34.9 Å². The largest absolute Gasteiger partial charge is 0.350 e. The van der Waals surface area contributed by atoms with Crippen LogP contribution in [0.25, 0.3) is 0 Å². The zero-order valence-corrected chi connectivity index (χ0v) is 17.6. The van der Waals surface area contributed by atoms with Gasteiger partial charge in [0.1, 0.15) is 6.04 Å². The first-order chi connectivity index (χ1) is 13.1. The van der Waals surface area contributed by atoms with Crippen molar-refractivity contribution in [2.45, 2.75) is 63.1 Å². The van der Waals surface area contributed by atoms with Gasteiger partial charge in [-0.1, -0.05) is 30.5 Å². The number of carbonyl (C=O) groups excluding carboxylic acids is 2. The summed E-state index contributed by atoms with van der Waals surface area (Å²) in [6, 6.07) is 7.04. The minimum atomic E-state index is -0.369. The van der Waals surface area contributed by atoms with Gasteiger partial charge in [0.2, 0.25) is 5.91 Å². The lowest BCUT2D eigenvalue weighted by Gasteiger charge is -2.34. The first kappa shape index (κ1) is 21.4. The van der Waals surface area contributed by atoms with E-state index in [1.165, 1.54) is 6.42 Å². The maximum atomic E-state index is 13.3. The maximum absolute atomic E-state index is 13.3. The summed E-state index contributed by atoms with van der Waals surface area (Å²) in [5, 5.41) is 7.08. The summed E-state index contributed by atoms with van der Waals surface area (Å²) in [4.78, 5) is 28.3. The van der Waals surface area contributed by atoms with Crippen LogP contribution in [0.3, 0.4) is 0 Å². The molecule has 2 heterocycles. The molecule has 0 aromatic heterocycles. The summed E-state index contributed by atoms with van der Waals surface area (Å²) in [6.07, 6.45) is 7.28. The van der Waals surface area contributed by atoms with Gasteiger partial charge in [-0.25, -0.2) is 0 Å². The average molecular weight is 426 g/mol. The molecular formula is C21H29Cl2N3O2. The maximum Gasteiger partial charge on any atom is 0.254 e. The minimum absolute atomic E-state index is 0. The molecule has 4 rings (SSSR count). The molecule has 2 amide bonds. The highest BCUT2D eigenvalue weighted by atomic mass is 35.5. The second kappa shape index (κ2) is 9.47. The topological polar surface area (TPSA) is 61.4 Å². The van der Waals surface area contributed by atoms with E-state index in [0.29, 0.717) is 16.5 Å². The van der Waals surface area contributed by atoms with E-state index in [4.69, 9.17) is 11.6 Å². The van der Waals surface area contributed by atoms with Crippen LogP contribution < -0.4 is 10.6 Å². The van der Waals surface area contributed by atoms with E-state index in [9.17, 15) is 9.59 Å². The first-order valence-electron chi connectivity index (χ1n) is 10.2. The number of carbonyl (C=O) groups is 2. The number of piperidine rings is 1. The van der Waals surface area contributed by atoms with Crippen molar-refractivity contribution in [3.63, 3.8) is 0 Å². The molecular weight excluding hydrogens is 397 g/mol. The highest BCUT2D eigenvalue weighted by Crippen LogP contribution is 2.40. The molecule has 1 aromatic rings. The Morgan fingerprint density at radius 2 is 1.96 bits per heavy atom. The van der Waals surface area contributed by atoms with E-state index in [2.05, 4.69) is 10.6 Å². The van der Waals surface area contributed by atoms with E-state index >= 15 is 0 Å².